The Bertz CT molecular complexity index is 517. The quantitative estimate of drug-likeness (QED) is 0.929. The first kappa shape index (κ1) is 12.7. The highest BCUT2D eigenvalue weighted by Crippen LogP contribution is 2.25. The zero-order valence-corrected chi connectivity index (χ0v) is 10.1. The summed E-state index contributed by atoms with van der Waals surface area (Å²) in [7, 11) is 0. The fourth-order valence-corrected chi connectivity index (χ4v) is 1.53. The summed E-state index contributed by atoms with van der Waals surface area (Å²) in [6, 6.07) is 3.90. The number of aromatic nitrogens is 4. The standard InChI is InChI=1S/C10H10ClF2N5/c1-6(10(12)13)15-9-4-7(2-3-8(9)11)18-5-14-16-17-18/h2-6,10,15H,1H3. The van der Waals surface area contributed by atoms with E-state index in [-0.39, 0.29) is 0 Å². The summed E-state index contributed by atoms with van der Waals surface area (Å²) in [5.74, 6) is 0. The molecule has 0 aliphatic rings. The molecule has 1 N–H and O–H groups in total. The van der Waals surface area contributed by atoms with Crippen LogP contribution in [0.2, 0.25) is 5.02 Å². The molecule has 0 fully saturated rings. The third-order valence-corrected chi connectivity index (χ3v) is 2.65. The molecule has 1 unspecified atom stereocenters. The van der Waals surface area contributed by atoms with Gasteiger partial charge in [-0.2, -0.15) is 0 Å². The van der Waals surface area contributed by atoms with Crippen molar-refractivity contribution in [1.82, 2.24) is 20.2 Å². The molecule has 96 valence electrons. The Balaban J connectivity index is 2.27. The van der Waals surface area contributed by atoms with Crippen molar-refractivity contribution in [2.45, 2.75) is 19.4 Å². The lowest BCUT2D eigenvalue weighted by atomic mass is 10.2. The molecule has 0 aliphatic heterocycles. The highest BCUT2D eigenvalue weighted by atomic mass is 35.5. The Labute approximate surface area is 107 Å². The molecule has 0 spiro atoms. The van der Waals surface area contributed by atoms with E-state index < -0.39 is 12.5 Å². The molecule has 2 aromatic rings. The molecule has 18 heavy (non-hydrogen) atoms. The second kappa shape index (κ2) is 5.26. The predicted octanol–water partition coefficient (Wildman–Crippen LogP) is 2.38. The van der Waals surface area contributed by atoms with Gasteiger partial charge in [-0.1, -0.05) is 11.6 Å². The first-order valence-electron chi connectivity index (χ1n) is 5.15. The van der Waals surface area contributed by atoms with E-state index in [2.05, 4.69) is 20.8 Å². The first-order valence-corrected chi connectivity index (χ1v) is 5.53. The maximum Gasteiger partial charge on any atom is 0.258 e. The lowest BCUT2D eigenvalue weighted by Crippen LogP contribution is -2.24. The van der Waals surface area contributed by atoms with Crippen LogP contribution in [-0.2, 0) is 0 Å². The predicted molar refractivity (Wildman–Crippen MR) is 63.3 cm³/mol. The fourth-order valence-electron chi connectivity index (χ4n) is 1.35. The van der Waals surface area contributed by atoms with Crippen molar-refractivity contribution in [2.75, 3.05) is 5.32 Å². The fraction of sp³-hybridized carbons (Fsp3) is 0.300. The van der Waals surface area contributed by atoms with Gasteiger partial charge in [0, 0.05) is 0 Å². The minimum absolute atomic E-state index is 0.360. The largest absolute Gasteiger partial charge is 0.376 e. The number of nitrogens with zero attached hydrogens (tertiary/aromatic N) is 4. The van der Waals surface area contributed by atoms with Crippen molar-refractivity contribution in [3.8, 4) is 5.69 Å². The van der Waals surface area contributed by atoms with Crippen molar-refractivity contribution in [2.24, 2.45) is 0 Å². The number of benzene rings is 1. The summed E-state index contributed by atoms with van der Waals surface area (Å²) in [6.07, 6.45) is -1.07. The lowest BCUT2D eigenvalue weighted by Gasteiger charge is -2.16. The molecule has 0 amide bonds. The van der Waals surface area contributed by atoms with Gasteiger partial charge in [-0.15, -0.1) is 5.10 Å². The van der Waals surface area contributed by atoms with Gasteiger partial charge in [0.15, 0.2) is 0 Å². The summed E-state index contributed by atoms with van der Waals surface area (Å²) in [6.45, 7) is 1.38. The Morgan fingerprint density at radius 1 is 1.39 bits per heavy atom. The Morgan fingerprint density at radius 2 is 2.17 bits per heavy atom. The number of halogens is 3. The molecule has 5 nitrogen and oxygen atoms in total. The Kier molecular flexibility index (Phi) is 3.71. The number of hydrogen-bond acceptors (Lipinski definition) is 4. The van der Waals surface area contributed by atoms with Crippen molar-refractivity contribution >= 4 is 17.3 Å². The van der Waals surface area contributed by atoms with E-state index >= 15 is 0 Å². The number of tetrazole rings is 1. The van der Waals surface area contributed by atoms with Crippen LogP contribution < -0.4 is 5.32 Å². The number of nitrogens with one attached hydrogen (secondary N) is 1. The van der Waals surface area contributed by atoms with Gasteiger partial charge >= 0.3 is 0 Å². The molecule has 2 rings (SSSR count). The summed E-state index contributed by atoms with van der Waals surface area (Å²) in [4.78, 5) is 0. The van der Waals surface area contributed by atoms with Crippen LogP contribution in [0.3, 0.4) is 0 Å². The topological polar surface area (TPSA) is 55.6 Å². The van der Waals surface area contributed by atoms with E-state index in [9.17, 15) is 8.78 Å². The van der Waals surface area contributed by atoms with Crippen LogP contribution in [0.15, 0.2) is 24.5 Å². The van der Waals surface area contributed by atoms with Gasteiger partial charge in [-0.05, 0) is 35.5 Å². The molecule has 0 saturated heterocycles. The maximum absolute atomic E-state index is 12.5. The number of rotatable bonds is 4. The number of anilines is 1. The molecule has 0 radical (unpaired) electrons. The first-order chi connectivity index (χ1) is 8.58. The van der Waals surface area contributed by atoms with Crippen LogP contribution in [0.5, 0.6) is 0 Å². The van der Waals surface area contributed by atoms with Crippen molar-refractivity contribution in [3.63, 3.8) is 0 Å². The second-order valence-corrected chi connectivity index (χ2v) is 4.09. The van der Waals surface area contributed by atoms with E-state index in [1.54, 1.807) is 18.2 Å². The normalized spacial score (nSPS) is 12.7. The molecule has 1 heterocycles. The molecule has 1 atom stereocenters. The maximum atomic E-state index is 12.5. The average Bonchev–Trinajstić information content (AvgIpc) is 2.85. The van der Waals surface area contributed by atoms with Crippen molar-refractivity contribution < 1.29 is 8.78 Å². The van der Waals surface area contributed by atoms with Crippen molar-refractivity contribution in [3.05, 3.63) is 29.5 Å². The Morgan fingerprint density at radius 3 is 2.78 bits per heavy atom. The highest BCUT2D eigenvalue weighted by Gasteiger charge is 2.15. The van der Waals surface area contributed by atoms with Gasteiger partial charge < -0.3 is 5.32 Å². The Hall–Kier alpha value is -1.76. The van der Waals surface area contributed by atoms with E-state index in [1.165, 1.54) is 17.9 Å². The number of alkyl halides is 2. The molecule has 0 saturated carbocycles. The average molecular weight is 274 g/mol. The summed E-state index contributed by atoms with van der Waals surface area (Å²) in [5, 5.41) is 13.7. The van der Waals surface area contributed by atoms with Crippen LogP contribution in [0, 0.1) is 0 Å². The van der Waals surface area contributed by atoms with E-state index in [4.69, 9.17) is 11.6 Å². The molecule has 0 aliphatic carbocycles. The van der Waals surface area contributed by atoms with Gasteiger partial charge in [-0.3, -0.25) is 0 Å². The SMILES string of the molecule is CC(Nc1cc(-n2cnnn2)ccc1Cl)C(F)F. The van der Waals surface area contributed by atoms with Crippen LogP contribution in [-0.4, -0.2) is 32.7 Å². The van der Waals surface area contributed by atoms with E-state index in [0.29, 0.717) is 16.4 Å². The van der Waals surface area contributed by atoms with Gasteiger partial charge in [0.1, 0.15) is 6.33 Å². The highest BCUT2D eigenvalue weighted by molar-refractivity contribution is 6.33. The minimum atomic E-state index is -2.47. The molecule has 0 bridgehead atoms. The minimum Gasteiger partial charge on any atom is -0.376 e. The lowest BCUT2D eigenvalue weighted by molar-refractivity contribution is 0.131. The van der Waals surface area contributed by atoms with Gasteiger partial charge in [-0.25, -0.2) is 13.5 Å². The van der Waals surface area contributed by atoms with E-state index in [1.807, 2.05) is 0 Å². The number of hydrogen-bond donors (Lipinski definition) is 1. The van der Waals surface area contributed by atoms with Crippen LogP contribution in [0.25, 0.3) is 5.69 Å². The second-order valence-electron chi connectivity index (χ2n) is 3.69. The smallest absolute Gasteiger partial charge is 0.258 e. The van der Waals surface area contributed by atoms with Crippen LogP contribution in [0.4, 0.5) is 14.5 Å². The van der Waals surface area contributed by atoms with Gasteiger partial charge in [0.05, 0.1) is 22.4 Å². The van der Waals surface area contributed by atoms with E-state index in [0.717, 1.165) is 0 Å². The summed E-state index contributed by atoms with van der Waals surface area (Å²) in [5.41, 5.74) is 1.05. The third kappa shape index (κ3) is 2.73. The molecule has 1 aromatic heterocycles. The summed E-state index contributed by atoms with van der Waals surface area (Å²) >= 11 is 5.94. The van der Waals surface area contributed by atoms with Gasteiger partial charge in [0.25, 0.3) is 6.43 Å². The molecule has 1 aromatic carbocycles. The van der Waals surface area contributed by atoms with Crippen molar-refractivity contribution in [1.29, 1.82) is 0 Å². The molecular weight excluding hydrogens is 264 g/mol. The molecule has 8 heteroatoms. The zero-order chi connectivity index (χ0) is 13.1. The monoisotopic (exact) mass is 273 g/mol. The van der Waals surface area contributed by atoms with Crippen LogP contribution in [0.1, 0.15) is 6.92 Å². The summed E-state index contributed by atoms with van der Waals surface area (Å²) < 4.78 is 26.4. The van der Waals surface area contributed by atoms with Gasteiger partial charge in [0.2, 0.25) is 0 Å². The third-order valence-electron chi connectivity index (χ3n) is 2.32. The zero-order valence-electron chi connectivity index (χ0n) is 9.39. The van der Waals surface area contributed by atoms with Crippen LogP contribution >= 0.6 is 11.6 Å². The molecular formula is C10H10ClF2N5.